The molecular formula is C13H18BrN. The van der Waals surface area contributed by atoms with Gasteiger partial charge in [-0.1, -0.05) is 28.9 Å². The van der Waals surface area contributed by atoms with E-state index in [1.807, 2.05) is 0 Å². The average Bonchev–Trinajstić information content (AvgIpc) is 2.27. The van der Waals surface area contributed by atoms with Crippen LogP contribution >= 0.6 is 15.9 Å². The van der Waals surface area contributed by atoms with Crippen LogP contribution in [0.5, 0.6) is 0 Å². The van der Waals surface area contributed by atoms with Crippen molar-refractivity contribution >= 4 is 15.9 Å². The third kappa shape index (κ3) is 2.43. The lowest BCUT2D eigenvalue weighted by atomic mass is 9.78. The molecule has 0 bridgehead atoms. The molecule has 0 saturated carbocycles. The fourth-order valence-corrected chi connectivity index (χ4v) is 2.84. The SMILES string of the molecule is CC(CN)C1CCc2ccc(Br)cc2C1. The van der Waals surface area contributed by atoms with E-state index < -0.39 is 0 Å². The molecule has 0 saturated heterocycles. The number of hydrogen-bond donors (Lipinski definition) is 1. The minimum absolute atomic E-state index is 0.650. The van der Waals surface area contributed by atoms with Crippen LogP contribution in [0, 0.1) is 11.8 Å². The van der Waals surface area contributed by atoms with Crippen molar-refractivity contribution in [3.05, 3.63) is 33.8 Å². The Kier molecular flexibility index (Phi) is 3.47. The third-order valence-electron chi connectivity index (χ3n) is 3.61. The molecule has 2 heteroatoms. The van der Waals surface area contributed by atoms with Crippen molar-refractivity contribution in [1.29, 1.82) is 0 Å². The molecule has 2 unspecified atom stereocenters. The molecular weight excluding hydrogens is 250 g/mol. The van der Waals surface area contributed by atoms with Crippen LogP contribution in [0.2, 0.25) is 0 Å². The van der Waals surface area contributed by atoms with Gasteiger partial charge in [0.1, 0.15) is 0 Å². The third-order valence-corrected chi connectivity index (χ3v) is 4.10. The van der Waals surface area contributed by atoms with Crippen molar-refractivity contribution in [2.75, 3.05) is 6.54 Å². The number of fused-ring (bicyclic) bond motifs is 1. The van der Waals surface area contributed by atoms with Crippen LogP contribution in [0.4, 0.5) is 0 Å². The van der Waals surface area contributed by atoms with Crippen molar-refractivity contribution in [1.82, 2.24) is 0 Å². The Labute approximate surface area is 100 Å². The minimum atomic E-state index is 0.650. The highest BCUT2D eigenvalue weighted by Gasteiger charge is 2.22. The highest BCUT2D eigenvalue weighted by molar-refractivity contribution is 9.10. The normalized spacial score (nSPS) is 22.2. The standard InChI is InChI=1S/C13H18BrN/c1-9(8-15)11-3-2-10-4-5-13(14)7-12(10)6-11/h4-5,7,9,11H,2-3,6,8,15H2,1H3. The van der Waals surface area contributed by atoms with E-state index in [9.17, 15) is 0 Å². The topological polar surface area (TPSA) is 26.0 Å². The second kappa shape index (κ2) is 4.67. The summed E-state index contributed by atoms with van der Waals surface area (Å²) in [5.74, 6) is 1.42. The van der Waals surface area contributed by atoms with Gasteiger partial charge in [0.05, 0.1) is 0 Å². The first-order chi connectivity index (χ1) is 7.20. The molecule has 0 fully saturated rings. The second-order valence-electron chi connectivity index (χ2n) is 4.63. The summed E-state index contributed by atoms with van der Waals surface area (Å²) in [6.45, 7) is 3.08. The summed E-state index contributed by atoms with van der Waals surface area (Å²) in [7, 11) is 0. The monoisotopic (exact) mass is 267 g/mol. The van der Waals surface area contributed by atoms with Crippen LogP contribution in [0.15, 0.2) is 22.7 Å². The maximum absolute atomic E-state index is 5.74. The summed E-state index contributed by atoms with van der Waals surface area (Å²) >= 11 is 3.54. The van der Waals surface area contributed by atoms with Gasteiger partial charge in [-0.3, -0.25) is 0 Å². The molecule has 1 aromatic rings. The number of hydrogen-bond acceptors (Lipinski definition) is 1. The van der Waals surface area contributed by atoms with Crippen LogP contribution in [0.1, 0.15) is 24.5 Å². The van der Waals surface area contributed by atoms with Crippen molar-refractivity contribution in [3.8, 4) is 0 Å². The Morgan fingerprint density at radius 1 is 1.47 bits per heavy atom. The zero-order chi connectivity index (χ0) is 10.8. The molecule has 0 heterocycles. The summed E-state index contributed by atoms with van der Waals surface area (Å²) in [5, 5.41) is 0. The zero-order valence-electron chi connectivity index (χ0n) is 9.17. The maximum atomic E-state index is 5.74. The molecule has 0 spiro atoms. The van der Waals surface area contributed by atoms with Crippen LogP contribution in [-0.4, -0.2) is 6.54 Å². The van der Waals surface area contributed by atoms with E-state index in [1.54, 1.807) is 0 Å². The van der Waals surface area contributed by atoms with Crippen LogP contribution in [0.3, 0.4) is 0 Å². The Hall–Kier alpha value is -0.340. The highest BCUT2D eigenvalue weighted by atomic mass is 79.9. The molecule has 0 amide bonds. The summed E-state index contributed by atoms with van der Waals surface area (Å²) in [5.41, 5.74) is 8.78. The van der Waals surface area contributed by atoms with Crippen LogP contribution in [-0.2, 0) is 12.8 Å². The number of nitrogens with two attached hydrogens (primary N) is 1. The first-order valence-corrected chi connectivity index (χ1v) is 6.47. The molecule has 2 atom stereocenters. The van der Waals surface area contributed by atoms with Gasteiger partial charge in [0.25, 0.3) is 0 Å². The molecule has 0 aromatic heterocycles. The molecule has 1 aliphatic rings. The quantitative estimate of drug-likeness (QED) is 0.876. The molecule has 0 radical (unpaired) electrons. The van der Waals surface area contributed by atoms with E-state index >= 15 is 0 Å². The Morgan fingerprint density at radius 2 is 2.27 bits per heavy atom. The first-order valence-electron chi connectivity index (χ1n) is 5.68. The van der Waals surface area contributed by atoms with Crippen molar-refractivity contribution in [3.63, 3.8) is 0 Å². The summed E-state index contributed by atoms with van der Waals surface area (Å²) in [4.78, 5) is 0. The van der Waals surface area contributed by atoms with Gasteiger partial charge >= 0.3 is 0 Å². The van der Waals surface area contributed by atoms with Gasteiger partial charge in [0.15, 0.2) is 0 Å². The van der Waals surface area contributed by atoms with E-state index in [1.165, 1.54) is 34.9 Å². The summed E-state index contributed by atoms with van der Waals surface area (Å²) in [6.07, 6.45) is 3.72. The van der Waals surface area contributed by atoms with Crippen molar-refractivity contribution in [2.45, 2.75) is 26.2 Å². The molecule has 1 nitrogen and oxygen atoms in total. The Morgan fingerprint density at radius 3 is 3.00 bits per heavy atom. The van der Waals surface area contributed by atoms with Crippen molar-refractivity contribution in [2.24, 2.45) is 17.6 Å². The number of aryl methyl sites for hydroxylation is 1. The second-order valence-corrected chi connectivity index (χ2v) is 5.54. The smallest absolute Gasteiger partial charge is 0.0178 e. The zero-order valence-corrected chi connectivity index (χ0v) is 10.8. The lowest BCUT2D eigenvalue weighted by Crippen LogP contribution is -2.26. The summed E-state index contributed by atoms with van der Waals surface area (Å²) in [6, 6.07) is 6.67. The van der Waals surface area contributed by atoms with Crippen LogP contribution < -0.4 is 5.73 Å². The fourth-order valence-electron chi connectivity index (χ4n) is 2.43. The molecule has 82 valence electrons. The van der Waals surface area contributed by atoms with E-state index in [-0.39, 0.29) is 0 Å². The van der Waals surface area contributed by atoms with E-state index in [0.717, 1.165) is 12.5 Å². The summed E-state index contributed by atoms with van der Waals surface area (Å²) < 4.78 is 1.20. The molecule has 2 rings (SSSR count). The number of benzene rings is 1. The molecule has 15 heavy (non-hydrogen) atoms. The largest absolute Gasteiger partial charge is 0.330 e. The van der Waals surface area contributed by atoms with Gasteiger partial charge < -0.3 is 5.73 Å². The molecule has 1 aromatic carbocycles. The van der Waals surface area contributed by atoms with Gasteiger partial charge in [-0.2, -0.15) is 0 Å². The predicted molar refractivity (Wildman–Crippen MR) is 67.9 cm³/mol. The van der Waals surface area contributed by atoms with Gasteiger partial charge in [-0.15, -0.1) is 0 Å². The predicted octanol–water partition coefficient (Wildman–Crippen LogP) is 3.15. The first kappa shape index (κ1) is 11.2. The van der Waals surface area contributed by atoms with Gasteiger partial charge in [-0.25, -0.2) is 0 Å². The molecule has 0 aliphatic heterocycles. The number of rotatable bonds is 2. The van der Waals surface area contributed by atoms with Crippen LogP contribution in [0.25, 0.3) is 0 Å². The van der Waals surface area contributed by atoms with Gasteiger partial charge in [0, 0.05) is 4.47 Å². The fraction of sp³-hybridized carbons (Fsp3) is 0.538. The van der Waals surface area contributed by atoms with Crippen molar-refractivity contribution < 1.29 is 0 Å². The minimum Gasteiger partial charge on any atom is -0.330 e. The van der Waals surface area contributed by atoms with Gasteiger partial charge in [0.2, 0.25) is 0 Å². The van der Waals surface area contributed by atoms with E-state index in [0.29, 0.717) is 5.92 Å². The highest BCUT2D eigenvalue weighted by Crippen LogP contribution is 2.31. The maximum Gasteiger partial charge on any atom is 0.0178 e. The molecule has 2 N–H and O–H groups in total. The van der Waals surface area contributed by atoms with Gasteiger partial charge in [-0.05, 0) is 60.9 Å². The average molecular weight is 268 g/mol. The Balaban J connectivity index is 2.18. The Bertz CT molecular complexity index is 348. The number of halogens is 1. The molecule has 1 aliphatic carbocycles. The lowest BCUT2D eigenvalue weighted by Gasteiger charge is -2.28. The lowest BCUT2D eigenvalue weighted by molar-refractivity contribution is 0.327. The van der Waals surface area contributed by atoms with E-state index in [4.69, 9.17) is 5.73 Å². The van der Waals surface area contributed by atoms with E-state index in [2.05, 4.69) is 41.1 Å².